The molecule has 0 aromatic rings. The molecule has 1 aliphatic carbocycles. The van der Waals surface area contributed by atoms with E-state index in [9.17, 15) is 4.79 Å². The molecule has 4 rings (SSSR count). The van der Waals surface area contributed by atoms with Gasteiger partial charge in [-0.15, -0.1) is 5.98 Å². The molecule has 0 radical (unpaired) electrons. The first-order valence-electron chi connectivity index (χ1n) is 10.1. The molecule has 3 aliphatic heterocycles. The number of hydrogen-bond donors (Lipinski definition) is 0. The van der Waals surface area contributed by atoms with Gasteiger partial charge in [0.1, 0.15) is 5.60 Å². The number of piperidine rings is 1. The molecule has 4 heteroatoms. The fourth-order valence-electron chi connectivity index (χ4n) is 5.63. The summed E-state index contributed by atoms with van der Waals surface area (Å²) in [5.74, 6) is 6.63. The number of carbonyl (C=O) groups is 1. The molecule has 1 unspecified atom stereocenters. The van der Waals surface area contributed by atoms with E-state index in [1.165, 1.54) is 38.5 Å². The van der Waals surface area contributed by atoms with Crippen molar-refractivity contribution in [2.24, 2.45) is 17.8 Å². The second-order valence-corrected chi connectivity index (χ2v) is 9.63. The maximum absolute atomic E-state index is 12.2. The lowest BCUT2D eigenvalue weighted by atomic mass is 9.27. The van der Waals surface area contributed by atoms with E-state index in [1.54, 1.807) is 0 Å². The largest absolute Gasteiger partial charge is 0.444 e. The van der Waals surface area contributed by atoms with E-state index in [0.717, 1.165) is 37.4 Å². The van der Waals surface area contributed by atoms with Crippen LogP contribution in [0.2, 0.25) is 11.6 Å². The van der Waals surface area contributed by atoms with Gasteiger partial charge in [0.25, 0.3) is 0 Å². The number of hydrogen-bond acceptors (Lipinski definition) is 2. The van der Waals surface area contributed by atoms with Crippen molar-refractivity contribution >= 4 is 12.8 Å². The number of rotatable bonds is 2. The molecule has 2 bridgehead atoms. The first-order chi connectivity index (χ1) is 11.4. The second-order valence-electron chi connectivity index (χ2n) is 9.63. The number of amides is 1. The van der Waals surface area contributed by atoms with Crippen LogP contribution in [0.15, 0.2) is 12.1 Å². The lowest BCUT2D eigenvalue weighted by Crippen LogP contribution is -2.37. The van der Waals surface area contributed by atoms with E-state index in [1.807, 2.05) is 25.7 Å². The number of fused-ring (bicyclic) bond motifs is 3. The Kier molecular flexibility index (Phi) is 4.21. The molecule has 0 aromatic heterocycles. The van der Waals surface area contributed by atoms with Gasteiger partial charge in [0.05, 0.1) is 0 Å². The summed E-state index contributed by atoms with van der Waals surface area (Å²) in [6.45, 7) is 8.46. The molecule has 4 aliphatic rings. The molecular formula is C20H32BNO2. The molecule has 3 heterocycles. The van der Waals surface area contributed by atoms with Crippen molar-refractivity contribution < 1.29 is 9.53 Å². The van der Waals surface area contributed by atoms with Crippen LogP contribution in [-0.4, -0.2) is 36.4 Å². The number of carbonyl (C=O) groups excluding carboxylic acids is 1. The van der Waals surface area contributed by atoms with Crippen LogP contribution in [0.1, 0.15) is 59.3 Å². The van der Waals surface area contributed by atoms with Gasteiger partial charge in [-0.3, -0.25) is 0 Å². The topological polar surface area (TPSA) is 29.5 Å². The summed E-state index contributed by atoms with van der Waals surface area (Å²) >= 11 is 0. The van der Waals surface area contributed by atoms with Crippen molar-refractivity contribution in [2.75, 3.05) is 13.1 Å². The van der Waals surface area contributed by atoms with Crippen LogP contribution < -0.4 is 0 Å². The molecule has 4 fully saturated rings. The van der Waals surface area contributed by atoms with Gasteiger partial charge in [0, 0.05) is 13.1 Å². The summed E-state index contributed by atoms with van der Waals surface area (Å²) in [7, 11) is 0. The van der Waals surface area contributed by atoms with Gasteiger partial charge in [0.2, 0.25) is 0 Å². The third kappa shape index (κ3) is 3.26. The third-order valence-electron chi connectivity index (χ3n) is 6.86. The summed E-state index contributed by atoms with van der Waals surface area (Å²) in [6.07, 6.45) is 11.1. The molecule has 1 saturated carbocycles. The number of likely N-dealkylation sites (tertiary alicyclic amines) is 1. The molecule has 3 atom stereocenters. The van der Waals surface area contributed by atoms with Crippen LogP contribution >= 0.6 is 0 Å². The van der Waals surface area contributed by atoms with Gasteiger partial charge in [-0.2, -0.15) is 0 Å². The van der Waals surface area contributed by atoms with Gasteiger partial charge in [0.15, 0.2) is 6.71 Å². The number of ether oxygens (including phenoxy) is 1. The highest BCUT2D eigenvalue weighted by Crippen LogP contribution is 2.53. The second kappa shape index (κ2) is 6.11. The fraction of sp³-hybridized carbons (Fsp3) is 0.850. The minimum absolute atomic E-state index is 0.126. The Morgan fingerprint density at radius 2 is 1.58 bits per heavy atom. The molecular weight excluding hydrogens is 297 g/mol. The fourth-order valence-corrected chi connectivity index (χ4v) is 5.63. The zero-order chi connectivity index (χ0) is 16.9. The molecule has 0 N–H and O–H groups in total. The van der Waals surface area contributed by atoms with Gasteiger partial charge < -0.3 is 9.64 Å². The Hall–Kier alpha value is -0.925. The standard InChI is InChI=1S/C20H32BNO2/c1-20(2,3)24-19(23)22-12-17-16(18(17)13-22)10-11-21-14-6-4-7-15(21)9-5-8-14/h10-11,14-18H,4-9,12-13H2,1-3H3/b11-10+/t14?,15?,16?,17-,18+. The van der Waals surface area contributed by atoms with Crippen molar-refractivity contribution in [3.05, 3.63) is 12.1 Å². The van der Waals surface area contributed by atoms with Crippen LogP contribution in [0.4, 0.5) is 4.79 Å². The Morgan fingerprint density at radius 3 is 2.08 bits per heavy atom. The van der Waals surface area contributed by atoms with Gasteiger partial charge in [-0.1, -0.05) is 56.2 Å². The highest BCUT2D eigenvalue weighted by atomic mass is 16.6. The molecule has 3 nitrogen and oxygen atoms in total. The van der Waals surface area contributed by atoms with E-state index in [4.69, 9.17) is 4.74 Å². The SMILES string of the molecule is CC(C)(C)OC(=O)N1C[C@@H]2C(/C=C/B3C4CCCC3CCC4)[C@@H]2C1. The van der Waals surface area contributed by atoms with E-state index >= 15 is 0 Å². The molecule has 132 valence electrons. The Labute approximate surface area is 147 Å². The summed E-state index contributed by atoms with van der Waals surface area (Å²) in [5.41, 5.74) is -0.387. The molecule has 24 heavy (non-hydrogen) atoms. The van der Waals surface area contributed by atoms with Crippen LogP contribution in [0.5, 0.6) is 0 Å². The third-order valence-corrected chi connectivity index (χ3v) is 6.86. The Morgan fingerprint density at radius 1 is 1.04 bits per heavy atom. The predicted octanol–water partition coefficient (Wildman–Crippen LogP) is 4.80. The van der Waals surface area contributed by atoms with Gasteiger partial charge in [-0.25, -0.2) is 4.79 Å². The quantitative estimate of drug-likeness (QED) is 0.681. The predicted molar refractivity (Wildman–Crippen MR) is 98.4 cm³/mol. The summed E-state index contributed by atoms with van der Waals surface area (Å²) < 4.78 is 5.50. The lowest BCUT2D eigenvalue weighted by Gasteiger charge is -2.39. The Balaban J connectivity index is 1.29. The normalized spacial score (nSPS) is 38.4. The van der Waals surface area contributed by atoms with Gasteiger partial charge >= 0.3 is 6.09 Å². The average Bonchev–Trinajstić information content (AvgIpc) is 2.93. The molecule has 3 saturated heterocycles. The number of allylic oxidation sites excluding steroid dienone is 1. The Bertz CT molecular complexity index is 492. The summed E-state index contributed by atoms with van der Waals surface area (Å²) in [5, 5.41) is 0. The van der Waals surface area contributed by atoms with Crippen LogP contribution in [0, 0.1) is 17.8 Å². The van der Waals surface area contributed by atoms with Crippen molar-refractivity contribution in [1.29, 1.82) is 0 Å². The lowest BCUT2D eigenvalue weighted by molar-refractivity contribution is 0.0269. The van der Waals surface area contributed by atoms with Crippen LogP contribution in [-0.2, 0) is 4.74 Å². The van der Waals surface area contributed by atoms with Crippen LogP contribution in [0.25, 0.3) is 0 Å². The van der Waals surface area contributed by atoms with Crippen molar-refractivity contribution in [3.8, 4) is 0 Å². The zero-order valence-corrected chi connectivity index (χ0v) is 15.5. The minimum atomic E-state index is -0.387. The zero-order valence-electron chi connectivity index (χ0n) is 15.5. The van der Waals surface area contributed by atoms with Crippen LogP contribution in [0.3, 0.4) is 0 Å². The molecule has 1 amide bonds. The average molecular weight is 329 g/mol. The van der Waals surface area contributed by atoms with Crippen molar-refractivity contribution in [3.63, 3.8) is 0 Å². The van der Waals surface area contributed by atoms with E-state index in [0.29, 0.717) is 11.8 Å². The summed E-state index contributed by atoms with van der Waals surface area (Å²) in [6, 6.07) is 0. The maximum atomic E-state index is 12.2. The first kappa shape index (κ1) is 16.5. The van der Waals surface area contributed by atoms with Gasteiger partial charge in [-0.05, 0) is 38.5 Å². The monoisotopic (exact) mass is 329 g/mol. The first-order valence-corrected chi connectivity index (χ1v) is 10.1. The van der Waals surface area contributed by atoms with Crippen molar-refractivity contribution in [1.82, 2.24) is 4.90 Å². The highest BCUT2D eigenvalue weighted by molar-refractivity contribution is 6.67. The number of nitrogens with zero attached hydrogens (tertiary/aromatic N) is 1. The molecule has 0 spiro atoms. The minimum Gasteiger partial charge on any atom is -0.444 e. The molecule has 0 aromatic carbocycles. The maximum Gasteiger partial charge on any atom is 0.410 e. The van der Waals surface area contributed by atoms with E-state index in [2.05, 4.69) is 12.1 Å². The summed E-state index contributed by atoms with van der Waals surface area (Å²) in [4.78, 5) is 14.1. The van der Waals surface area contributed by atoms with E-state index < -0.39 is 0 Å². The smallest absolute Gasteiger partial charge is 0.410 e. The highest BCUT2D eigenvalue weighted by Gasteiger charge is 2.55. The van der Waals surface area contributed by atoms with Crippen molar-refractivity contribution in [2.45, 2.75) is 76.5 Å². The van der Waals surface area contributed by atoms with E-state index in [-0.39, 0.29) is 11.7 Å².